The Kier molecular flexibility index (Phi) is 5.09. The smallest absolute Gasteiger partial charge is 0.349 e. The van der Waals surface area contributed by atoms with Gasteiger partial charge in [-0.05, 0) is 17.9 Å². The molecule has 0 bridgehead atoms. The lowest BCUT2D eigenvalue weighted by atomic mass is 10.3. The van der Waals surface area contributed by atoms with Gasteiger partial charge < -0.3 is 4.74 Å². The number of hydrogen-bond acceptors (Lipinski definition) is 5. The van der Waals surface area contributed by atoms with Crippen LogP contribution in [0.4, 0.5) is 0 Å². The van der Waals surface area contributed by atoms with Crippen molar-refractivity contribution in [3.8, 4) is 0 Å². The summed E-state index contributed by atoms with van der Waals surface area (Å²) in [6.45, 7) is 5.22. The lowest BCUT2D eigenvalue weighted by molar-refractivity contribution is 0.0602. The Hall–Kier alpha value is -0.700. The second-order valence-electron chi connectivity index (χ2n) is 3.41. The highest BCUT2D eigenvalue weighted by Crippen LogP contribution is 2.27. The summed E-state index contributed by atoms with van der Waals surface area (Å²) in [6.07, 6.45) is 0. The van der Waals surface area contributed by atoms with Crippen LogP contribution >= 0.6 is 27.3 Å². The molecular weight excluding hydrogens is 342 g/mol. The molecule has 1 aromatic rings. The van der Waals surface area contributed by atoms with Crippen molar-refractivity contribution in [2.45, 2.75) is 11.8 Å². The first-order valence-corrected chi connectivity index (χ1v) is 7.94. The molecule has 8 heteroatoms. The Bertz CT molecular complexity index is 577. The van der Waals surface area contributed by atoms with Crippen molar-refractivity contribution in [3.05, 3.63) is 26.9 Å². The minimum atomic E-state index is -3.76. The van der Waals surface area contributed by atoms with Crippen LogP contribution in [0, 0.1) is 6.92 Å². The van der Waals surface area contributed by atoms with E-state index < -0.39 is 16.0 Å². The van der Waals surface area contributed by atoms with Crippen molar-refractivity contribution >= 4 is 43.3 Å². The van der Waals surface area contributed by atoms with Crippen LogP contribution in [0.15, 0.2) is 21.3 Å². The quantitative estimate of drug-likeness (QED) is 0.822. The number of thiophene rings is 1. The lowest BCUT2D eigenvalue weighted by Gasteiger charge is -2.07. The van der Waals surface area contributed by atoms with Crippen LogP contribution in [0.5, 0.6) is 0 Å². The zero-order valence-corrected chi connectivity index (χ0v) is 13.0. The average molecular weight is 354 g/mol. The van der Waals surface area contributed by atoms with Gasteiger partial charge in [-0.25, -0.2) is 17.9 Å². The van der Waals surface area contributed by atoms with Crippen LogP contribution in [-0.2, 0) is 14.8 Å². The second-order valence-corrected chi connectivity index (χ2v) is 7.12. The normalized spacial score (nSPS) is 11.3. The van der Waals surface area contributed by atoms with E-state index >= 15 is 0 Å². The van der Waals surface area contributed by atoms with Crippen molar-refractivity contribution in [2.24, 2.45) is 0 Å². The molecule has 1 N–H and O–H groups in total. The molecule has 0 aliphatic carbocycles. The van der Waals surface area contributed by atoms with E-state index in [2.05, 4.69) is 32.0 Å². The third-order valence-corrected chi connectivity index (χ3v) is 5.09. The SMILES string of the molecule is C=C(Br)CNS(=O)(=O)c1c(C)csc1C(=O)OC. The number of sulfonamides is 1. The van der Waals surface area contributed by atoms with Crippen molar-refractivity contribution in [1.29, 1.82) is 0 Å². The van der Waals surface area contributed by atoms with E-state index in [1.54, 1.807) is 12.3 Å². The van der Waals surface area contributed by atoms with Gasteiger partial charge in [0.05, 0.1) is 7.11 Å². The van der Waals surface area contributed by atoms with Gasteiger partial charge in [0, 0.05) is 11.0 Å². The molecule has 1 aromatic heterocycles. The molecule has 18 heavy (non-hydrogen) atoms. The Morgan fingerprint density at radius 2 is 2.22 bits per heavy atom. The Labute approximate surface area is 118 Å². The van der Waals surface area contributed by atoms with Crippen LogP contribution in [0.3, 0.4) is 0 Å². The number of halogens is 1. The highest BCUT2D eigenvalue weighted by atomic mass is 79.9. The summed E-state index contributed by atoms with van der Waals surface area (Å²) in [7, 11) is -2.55. The summed E-state index contributed by atoms with van der Waals surface area (Å²) in [6, 6.07) is 0. The summed E-state index contributed by atoms with van der Waals surface area (Å²) >= 11 is 4.10. The fraction of sp³-hybridized carbons (Fsp3) is 0.300. The van der Waals surface area contributed by atoms with Crippen LogP contribution in [0.1, 0.15) is 15.2 Å². The van der Waals surface area contributed by atoms with Crippen molar-refractivity contribution in [1.82, 2.24) is 4.72 Å². The maximum atomic E-state index is 12.1. The molecule has 0 atom stereocenters. The monoisotopic (exact) mass is 353 g/mol. The van der Waals surface area contributed by atoms with Crippen molar-refractivity contribution in [3.63, 3.8) is 0 Å². The lowest BCUT2D eigenvalue weighted by Crippen LogP contribution is -2.26. The molecular formula is C10H12BrNO4S2. The van der Waals surface area contributed by atoms with E-state index in [0.29, 0.717) is 10.0 Å². The molecule has 0 fully saturated rings. The molecule has 0 spiro atoms. The van der Waals surface area contributed by atoms with Crippen molar-refractivity contribution in [2.75, 3.05) is 13.7 Å². The van der Waals surface area contributed by atoms with Gasteiger partial charge in [-0.2, -0.15) is 0 Å². The van der Waals surface area contributed by atoms with Crippen LogP contribution in [0.25, 0.3) is 0 Å². The number of ether oxygens (including phenoxy) is 1. The highest BCUT2D eigenvalue weighted by molar-refractivity contribution is 9.11. The predicted molar refractivity (Wildman–Crippen MR) is 73.7 cm³/mol. The molecule has 0 aliphatic rings. The van der Waals surface area contributed by atoms with Crippen molar-refractivity contribution < 1.29 is 17.9 Å². The van der Waals surface area contributed by atoms with Gasteiger partial charge >= 0.3 is 5.97 Å². The number of carbonyl (C=O) groups is 1. The molecule has 0 aliphatic heterocycles. The molecule has 0 aromatic carbocycles. The largest absolute Gasteiger partial charge is 0.465 e. The first-order chi connectivity index (χ1) is 8.29. The summed E-state index contributed by atoms with van der Waals surface area (Å²) in [5.74, 6) is -0.661. The average Bonchev–Trinajstić information content (AvgIpc) is 2.68. The molecule has 100 valence electrons. The van der Waals surface area contributed by atoms with Gasteiger partial charge in [0.2, 0.25) is 10.0 Å². The van der Waals surface area contributed by atoms with E-state index in [1.807, 2.05) is 0 Å². The molecule has 1 rings (SSSR count). The fourth-order valence-corrected chi connectivity index (χ4v) is 4.30. The zero-order valence-electron chi connectivity index (χ0n) is 9.82. The van der Waals surface area contributed by atoms with E-state index in [0.717, 1.165) is 11.3 Å². The number of methoxy groups -OCH3 is 1. The summed E-state index contributed by atoms with van der Waals surface area (Å²) < 4.78 is 31.6. The molecule has 0 amide bonds. The molecule has 0 unspecified atom stereocenters. The summed E-state index contributed by atoms with van der Waals surface area (Å²) in [5, 5.41) is 1.60. The van der Waals surface area contributed by atoms with Gasteiger partial charge in [0.1, 0.15) is 9.77 Å². The Balaban J connectivity index is 3.19. The Morgan fingerprint density at radius 3 is 2.72 bits per heavy atom. The number of esters is 1. The summed E-state index contributed by atoms with van der Waals surface area (Å²) in [4.78, 5) is 11.5. The van der Waals surface area contributed by atoms with E-state index in [4.69, 9.17) is 0 Å². The predicted octanol–water partition coefficient (Wildman–Crippen LogP) is 2.03. The van der Waals surface area contributed by atoms with E-state index in [1.165, 1.54) is 7.11 Å². The van der Waals surface area contributed by atoms with Crippen LogP contribution in [-0.4, -0.2) is 28.0 Å². The zero-order chi connectivity index (χ0) is 13.9. The first kappa shape index (κ1) is 15.4. The fourth-order valence-electron chi connectivity index (χ4n) is 1.25. The van der Waals surface area contributed by atoms with Crippen LogP contribution < -0.4 is 4.72 Å². The van der Waals surface area contributed by atoms with Gasteiger partial charge in [0.25, 0.3) is 0 Å². The number of nitrogens with one attached hydrogen (secondary N) is 1. The van der Waals surface area contributed by atoms with Crippen LogP contribution in [0.2, 0.25) is 0 Å². The number of hydrogen-bond donors (Lipinski definition) is 1. The maximum Gasteiger partial charge on any atom is 0.349 e. The molecule has 5 nitrogen and oxygen atoms in total. The molecule has 0 saturated carbocycles. The number of carbonyl (C=O) groups excluding carboxylic acids is 1. The third-order valence-electron chi connectivity index (χ3n) is 2.01. The number of rotatable bonds is 5. The minimum absolute atomic E-state index is 0.0342. The van der Waals surface area contributed by atoms with E-state index in [-0.39, 0.29) is 16.3 Å². The molecule has 0 radical (unpaired) electrons. The molecule has 1 heterocycles. The van der Waals surface area contributed by atoms with E-state index in [9.17, 15) is 13.2 Å². The molecule has 0 saturated heterocycles. The van der Waals surface area contributed by atoms with Gasteiger partial charge in [-0.3, -0.25) is 0 Å². The topological polar surface area (TPSA) is 72.5 Å². The minimum Gasteiger partial charge on any atom is -0.465 e. The maximum absolute atomic E-state index is 12.1. The standard InChI is InChI=1S/C10H12BrNO4S2/c1-6-5-17-8(10(13)16-3)9(6)18(14,15)12-4-7(2)11/h5,12H,2,4H2,1,3H3. The van der Waals surface area contributed by atoms with Gasteiger partial charge in [0.15, 0.2) is 0 Å². The third kappa shape index (κ3) is 3.41. The van der Waals surface area contributed by atoms with Gasteiger partial charge in [-0.15, -0.1) is 11.3 Å². The second kappa shape index (κ2) is 5.96. The Morgan fingerprint density at radius 1 is 1.61 bits per heavy atom. The highest BCUT2D eigenvalue weighted by Gasteiger charge is 2.27. The first-order valence-electron chi connectivity index (χ1n) is 4.79. The van der Waals surface area contributed by atoms with Gasteiger partial charge in [-0.1, -0.05) is 22.5 Å². The summed E-state index contributed by atoms with van der Waals surface area (Å²) in [5.41, 5.74) is 0.507. The number of aryl methyl sites for hydroxylation is 1.